The molecule has 0 atom stereocenters. The van der Waals surface area contributed by atoms with Gasteiger partial charge in [-0.1, -0.05) is 6.58 Å². The second-order valence-corrected chi connectivity index (χ2v) is 4.76. The molecule has 0 spiro atoms. The van der Waals surface area contributed by atoms with Gasteiger partial charge in [-0.05, 0) is 19.9 Å². The molecule has 0 rings (SSSR count). The van der Waals surface area contributed by atoms with E-state index in [4.69, 9.17) is 4.55 Å². The lowest BCUT2D eigenvalue weighted by atomic mass is 10.1. The van der Waals surface area contributed by atoms with Gasteiger partial charge in [0.1, 0.15) is 0 Å². The van der Waals surface area contributed by atoms with Crippen LogP contribution in [-0.4, -0.2) is 30.2 Å². The molecule has 5 nitrogen and oxygen atoms in total. The highest BCUT2D eigenvalue weighted by Gasteiger charge is 2.25. The molecule has 0 saturated heterocycles. The highest BCUT2D eigenvalue weighted by atomic mass is 32.2. The molecule has 0 aliphatic heterocycles. The minimum absolute atomic E-state index is 0. The van der Waals surface area contributed by atoms with E-state index in [1.807, 2.05) is 0 Å². The van der Waals surface area contributed by atoms with E-state index >= 15 is 0 Å². The topological polar surface area (TPSA) is 83.5 Å². The highest BCUT2D eigenvalue weighted by molar-refractivity contribution is 7.85. The van der Waals surface area contributed by atoms with Crippen molar-refractivity contribution in [1.29, 1.82) is 0 Å². The first-order valence-corrected chi connectivity index (χ1v) is 5.17. The fourth-order valence-electron chi connectivity index (χ4n) is 0.877. The minimum Gasteiger partial charge on any atom is -0.347 e. The summed E-state index contributed by atoms with van der Waals surface area (Å²) in [5.41, 5.74) is -1.00. The summed E-state index contributed by atoms with van der Waals surface area (Å²) in [6.45, 7) is 6.19. The van der Waals surface area contributed by atoms with Crippen molar-refractivity contribution >= 4 is 16.0 Å². The number of carbonyl (C=O) groups is 1. The van der Waals surface area contributed by atoms with Crippen LogP contribution in [0.4, 0.5) is 0 Å². The summed E-state index contributed by atoms with van der Waals surface area (Å²) in [7, 11) is -4.08. The Kier molecular flexibility index (Phi) is 3.62. The molecule has 1 amide bonds. The van der Waals surface area contributed by atoms with Crippen LogP contribution in [0.2, 0.25) is 0 Å². The largest absolute Gasteiger partial charge is 0.347 e. The lowest BCUT2D eigenvalue weighted by Gasteiger charge is -2.23. The summed E-state index contributed by atoms with van der Waals surface area (Å²) in [5, 5.41) is 2.37. The van der Waals surface area contributed by atoms with Gasteiger partial charge in [0.2, 0.25) is 5.91 Å². The van der Waals surface area contributed by atoms with Gasteiger partial charge in [-0.25, -0.2) is 0 Å². The van der Waals surface area contributed by atoms with Crippen LogP contribution in [0, 0.1) is 0 Å². The van der Waals surface area contributed by atoms with Crippen molar-refractivity contribution in [2.45, 2.75) is 19.4 Å². The van der Waals surface area contributed by atoms with Crippen LogP contribution < -0.4 is 5.32 Å². The quantitative estimate of drug-likeness (QED) is 0.522. The van der Waals surface area contributed by atoms with Crippen LogP contribution >= 0.6 is 0 Å². The van der Waals surface area contributed by atoms with Crippen LogP contribution in [0.25, 0.3) is 0 Å². The van der Waals surface area contributed by atoms with Gasteiger partial charge in [0.05, 0.1) is 11.3 Å². The smallest absolute Gasteiger partial charge is 0.267 e. The maximum absolute atomic E-state index is 10.8. The Morgan fingerprint density at radius 3 is 2.46 bits per heavy atom. The van der Waals surface area contributed by atoms with E-state index in [-0.39, 0.29) is 2.85 Å². The monoisotopic (exact) mass is 211 g/mol. The van der Waals surface area contributed by atoms with Crippen molar-refractivity contribution in [3.8, 4) is 0 Å². The first-order chi connectivity index (χ1) is 5.66. The summed E-state index contributed by atoms with van der Waals surface area (Å²) in [5.74, 6) is -1.01. The lowest BCUT2D eigenvalue weighted by Crippen LogP contribution is -2.47. The van der Waals surface area contributed by atoms with Crippen molar-refractivity contribution in [1.82, 2.24) is 5.32 Å². The molecule has 0 heterocycles. The minimum atomic E-state index is -4.08. The van der Waals surface area contributed by atoms with Gasteiger partial charge in [0.15, 0.2) is 0 Å². The van der Waals surface area contributed by atoms with E-state index in [9.17, 15) is 13.2 Å². The van der Waals surface area contributed by atoms with Gasteiger partial charge in [-0.3, -0.25) is 9.35 Å². The normalized spacial score (nSPS) is 12.2. The average Bonchev–Trinajstić information content (AvgIpc) is 1.80. The summed E-state index contributed by atoms with van der Waals surface area (Å²) in [4.78, 5) is 10.8. The number of nitrogens with one attached hydrogen (secondary N) is 1. The van der Waals surface area contributed by atoms with Gasteiger partial charge < -0.3 is 5.32 Å². The van der Waals surface area contributed by atoms with Crippen molar-refractivity contribution < 1.29 is 20.6 Å². The van der Waals surface area contributed by atoms with E-state index in [1.54, 1.807) is 0 Å². The predicted octanol–water partition coefficient (Wildman–Crippen LogP) is 0.447. The van der Waals surface area contributed by atoms with Gasteiger partial charge in [-0.2, -0.15) is 8.42 Å². The Morgan fingerprint density at radius 2 is 2.15 bits per heavy atom. The molecule has 0 bridgehead atoms. The Bertz CT molecular complexity index is 313. The highest BCUT2D eigenvalue weighted by Crippen LogP contribution is 2.05. The van der Waals surface area contributed by atoms with E-state index in [2.05, 4.69) is 11.9 Å². The van der Waals surface area contributed by atoms with Crippen molar-refractivity contribution in [2.24, 2.45) is 0 Å². The Morgan fingerprint density at radius 1 is 1.69 bits per heavy atom. The molecule has 0 saturated carbocycles. The fraction of sp³-hybridized carbons (Fsp3) is 0.571. The summed E-state index contributed by atoms with van der Waals surface area (Å²) < 4.78 is 29.5. The van der Waals surface area contributed by atoms with Gasteiger partial charge in [-0.15, -0.1) is 0 Å². The van der Waals surface area contributed by atoms with E-state index < -0.39 is 27.3 Å². The predicted molar refractivity (Wildman–Crippen MR) is 53.1 cm³/mol. The first kappa shape index (κ1) is 12.1. The molecule has 0 radical (unpaired) electrons. The Balaban J connectivity index is -0.000000720. The second-order valence-electron chi connectivity index (χ2n) is 3.30. The summed E-state index contributed by atoms with van der Waals surface area (Å²) in [6, 6.07) is 0. The van der Waals surface area contributed by atoms with Gasteiger partial charge in [0.25, 0.3) is 10.1 Å². The average molecular weight is 211 g/mol. The molecule has 13 heavy (non-hydrogen) atoms. The lowest BCUT2D eigenvalue weighted by molar-refractivity contribution is -0.117. The fourth-order valence-corrected chi connectivity index (χ4v) is 1.86. The van der Waals surface area contributed by atoms with Gasteiger partial charge >= 0.3 is 0 Å². The number of hydrogen-bond acceptors (Lipinski definition) is 3. The molecular weight excluding hydrogens is 194 g/mol. The standard InChI is InChI=1S/C7H13NO4S.2H2/c1-4-6(9)8-7(2,3)5-13(10,11)12;;/h4H,1,5H2,2-3H3,(H,8,9)(H,10,11,12);2*1H. The molecular formula is C7H17NO4S. The van der Waals surface area contributed by atoms with Gasteiger partial charge in [0, 0.05) is 2.85 Å². The SMILES string of the molecule is C=CC(=O)NC(C)(C)CS(=O)(=O)O.[HH].[HH]. The summed E-state index contributed by atoms with van der Waals surface area (Å²) in [6.07, 6.45) is 1.03. The third-order valence-electron chi connectivity index (χ3n) is 1.19. The van der Waals surface area contributed by atoms with Crippen molar-refractivity contribution in [3.05, 3.63) is 12.7 Å². The molecule has 0 aliphatic rings. The number of amides is 1. The van der Waals surface area contributed by atoms with Crippen LogP contribution in [0.1, 0.15) is 16.7 Å². The molecule has 0 aliphatic carbocycles. The second kappa shape index (κ2) is 3.89. The van der Waals surface area contributed by atoms with Crippen molar-refractivity contribution in [2.75, 3.05) is 5.75 Å². The van der Waals surface area contributed by atoms with Crippen LogP contribution in [0.3, 0.4) is 0 Å². The number of carbonyl (C=O) groups excluding carboxylic acids is 1. The number of rotatable bonds is 4. The molecule has 0 aromatic rings. The molecule has 0 aromatic carbocycles. The zero-order chi connectivity index (χ0) is 10.7. The van der Waals surface area contributed by atoms with E-state index in [0.717, 1.165) is 6.08 Å². The molecule has 0 aromatic heterocycles. The maximum Gasteiger partial charge on any atom is 0.267 e. The van der Waals surface area contributed by atoms with Crippen LogP contribution in [-0.2, 0) is 14.9 Å². The molecule has 0 unspecified atom stereocenters. The van der Waals surface area contributed by atoms with E-state index in [0.29, 0.717) is 0 Å². The molecule has 80 valence electrons. The Hall–Kier alpha value is -0.880. The zero-order valence-corrected chi connectivity index (χ0v) is 8.39. The maximum atomic E-state index is 10.8. The van der Waals surface area contributed by atoms with Crippen molar-refractivity contribution in [3.63, 3.8) is 0 Å². The first-order valence-electron chi connectivity index (χ1n) is 3.56. The molecule has 6 heteroatoms. The van der Waals surface area contributed by atoms with Crippen LogP contribution in [0.5, 0.6) is 0 Å². The molecule has 0 fully saturated rings. The Labute approximate surface area is 80.5 Å². The van der Waals surface area contributed by atoms with Crippen LogP contribution in [0.15, 0.2) is 12.7 Å². The molecule has 2 N–H and O–H groups in total. The summed E-state index contributed by atoms with van der Waals surface area (Å²) >= 11 is 0. The zero-order valence-electron chi connectivity index (χ0n) is 7.57. The third-order valence-corrected chi connectivity index (χ3v) is 2.28. The van der Waals surface area contributed by atoms with E-state index in [1.165, 1.54) is 13.8 Å². The number of hydrogen-bond donors (Lipinski definition) is 2. The third kappa shape index (κ3) is 6.30.